The van der Waals surface area contributed by atoms with Crippen LogP contribution in [0.15, 0.2) is 24.3 Å². The van der Waals surface area contributed by atoms with Gasteiger partial charge in [0.05, 0.1) is 30.6 Å². The number of amides is 2. The summed E-state index contributed by atoms with van der Waals surface area (Å²) in [7, 11) is -1.62. The summed E-state index contributed by atoms with van der Waals surface area (Å²) in [5, 5.41) is 2.98. The minimum atomic E-state index is -3.18. The Morgan fingerprint density at radius 1 is 1.17 bits per heavy atom. The van der Waals surface area contributed by atoms with E-state index in [2.05, 4.69) is 10.2 Å². The lowest BCUT2D eigenvalue weighted by atomic mass is 10.0. The van der Waals surface area contributed by atoms with Crippen LogP contribution >= 0.6 is 0 Å². The van der Waals surface area contributed by atoms with Gasteiger partial charge in [-0.15, -0.1) is 0 Å². The van der Waals surface area contributed by atoms with Gasteiger partial charge in [0.25, 0.3) is 0 Å². The summed E-state index contributed by atoms with van der Waals surface area (Å²) in [4.78, 5) is 29.3. The molecule has 9 heteroatoms. The number of nitrogens with one attached hydrogen (secondary N) is 1. The van der Waals surface area contributed by atoms with Crippen molar-refractivity contribution in [1.29, 1.82) is 0 Å². The monoisotopic (exact) mass is 435 g/mol. The third-order valence-electron chi connectivity index (χ3n) is 6.37. The van der Waals surface area contributed by atoms with Gasteiger partial charge in [-0.05, 0) is 38.1 Å². The summed E-state index contributed by atoms with van der Waals surface area (Å²) in [6, 6.07) is 6.61. The Balaban J connectivity index is 1.43. The number of likely N-dealkylation sites (tertiary alicyclic amines) is 1. The van der Waals surface area contributed by atoms with E-state index >= 15 is 0 Å². The number of rotatable bonds is 5. The lowest BCUT2D eigenvalue weighted by Gasteiger charge is -2.35. The lowest BCUT2D eigenvalue weighted by Crippen LogP contribution is -2.53. The van der Waals surface area contributed by atoms with Crippen molar-refractivity contribution in [2.45, 2.75) is 37.8 Å². The molecule has 3 aliphatic heterocycles. The van der Waals surface area contributed by atoms with Crippen LogP contribution in [-0.4, -0.2) is 75.5 Å². The normalized spacial score (nSPS) is 29.2. The van der Waals surface area contributed by atoms with Crippen LogP contribution in [0.25, 0.3) is 0 Å². The predicted molar refractivity (Wildman–Crippen MR) is 113 cm³/mol. The van der Waals surface area contributed by atoms with E-state index in [0.29, 0.717) is 11.4 Å². The molecule has 0 spiro atoms. The molecule has 164 valence electrons. The van der Waals surface area contributed by atoms with Crippen molar-refractivity contribution in [2.75, 3.05) is 43.1 Å². The van der Waals surface area contributed by atoms with Crippen LogP contribution in [0.2, 0.25) is 0 Å². The quantitative estimate of drug-likeness (QED) is 0.736. The maximum Gasteiger partial charge on any atom is 0.227 e. The Bertz CT molecular complexity index is 913. The molecule has 1 aromatic carbocycles. The molecule has 0 radical (unpaired) electrons. The molecule has 4 rings (SSSR count). The van der Waals surface area contributed by atoms with Crippen LogP contribution in [0.3, 0.4) is 0 Å². The number of hydrogen-bond donors (Lipinski definition) is 1. The van der Waals surface area contributed by atoms with E-state index in [1.165, 1.54) is 0 Å². The molecular formula is C21H29N3O5S. The molecular weight excluding hydrogens is 406 g/mol. The second kappa shape index (κ2) is 8.55. The highest BCUT2D eigenvalue weighted by atomic mass is 32.2. The van der Waals surface area contributed by atoms with Gasteiger partial charge >= 0.3 is 0 Å². The van der Waals surface area contributed by atoms with E-state index in [-0.39, 0.29) is 42.3 Å². The first-order valence-corrected chi connectivity index (χ1v) is 12.4. The molecule has 1 aromatic rings. The van der Waals surface area contributed by atoms with E-state index in [1.54, 1.807) is 30.2 Å². The van der Waals surface area contributed by atoms with Gasteiger partial charge in [-0.2, -0.15) is 0 Å². The Hall–Kier alpha value is -2.13. The maximum absolute atomic E-state index is 13.0. The van der Waals surface area contributed by atoms with Gasteiger partial charge in [0.2, 0.25) is 11.8 Å². The number of sulfone groups is 1. The second-order valence-electron chi connectivity index (χ2n) is 8.46. The number of piperidine rings is 1. The van der Waals surface area contributed by atoms with E-state index in [4.69, 9.17) is 4.74 Å². The van der Waals surface area contributed by atoms with E-state index in [1.807, 2.05) is 6.07 Å². The van der Waals surface area contributed by atoms with Crippen molar-refractivity contribution >= 4 is 27.3 Å². The zero-order chi connectivity index (χ0) is 21.3. The number of ether oxygens (including phenoxy) is 1. The topological polar surface area (TPSA) is 96.0 Å². The fourth-order valence-electron chi connectivity index (χ4n) is 4.79. The predicted octanol–water partition coefficient (Wildman–Crippen LogP) is 0.816. The number of carbonyl (C=O) groups is 2. The van der Waals surface area contributed by atoms with Gasteiger partial charge in [0.15, 0.2) is 9.84 Å². The van der Waals surface area contributed by atoms with Crippen LogP contribution in [0, 0.1) is 5.92 Å². The molecule has 0 aliphatic carbocycles. The largest absolute Gasteiger partial charge is 0.497 e. The van der Waals surface area contributed by atoms with Gasteiger partial charge in [0.1, 0.15) is 5.75 Å². The molecule has 3 fully saturated rings. The molecule has 3 atom stereocenters. The Kier molecular flexibility index (Phi) is 6.02. The highest BCUT2D eigenvalue weighted by Gasteiger charge is 2.44. The maximum atomic E-state index is 13.0. The van der Waals surface area contributed by atoms with Gasteiger partial charge in [-0.3, -0.25) is 14.5 Å². The Labute approximate surface area is 177 Å². The summed E-state index contributed by atoms with van der Waals surface area (Å²) < 4.78 is 29.8. The Morgan fingerprint density at radius 3 is 2.67 bits per heavy atom. The molecule has 1 N–H and O–H groups in total. The number of hydrogen-bond acceptors (Lipinski definition) is 6. The average Bonchev–Trinajstić information content (AvgIpc) is 3.27. The zero-order valence-corrected chi connectivity index (χ0v) is 18.1. The highest BCUT2D eigenvalue weighted by Crippen LogP contribution is 2.29. The zero-order valence-electron chi connectivity index (χ0n) is 17.2. The minimum Gasteiger partial charge on any atom is -0.497 e. The summed E-state index contributed by atoms with van der Waals surface area (Å²) in [6.45, 7) is 2.03. The smallest absolute Gasteiger partial charge is 0.227 e. The van der Waals surface area contributed by atoms with Crippen molar-refractivity contribution in [3.05, 3.63) is 24.3 Å². The number of nitrogens with zero attached hydrogens (tertiary/aromatic N) is 2. The molecule has 8 nitrogen and oxygen atoms in total. The fraction of sp³-hybridized carbons (Fsp3) is 0.619. The first kappa shape index (κ1) is 21.1. The molecule has 0 aromatic heterocycles. The van der Waals surface area contributed by atoms with Crippen molar-refractivity contribution < 1.29 is 22.7 Å². The molecule has 0 saturated carbocycles. The molecule has 2 amide bonds. The van der Waals surface area contributed by atoms with Crippen LogP contribution in [0.1, 0.15) is 25.7 Å². The van der Waals surface area contributed by atoms with E-state index in [0.717, 1.165) is 32.4 Å². The van der Waals surface area contributed by atoms with Gasteiger partial charge < -0.3 is 15.0 Å². The number of methoxy groups -OCH3 is 1. The lowest BCUT2D eigenvalue weighted by molar-refractivity contribution is -0.127. The summed E-state index contributed by atoms with van der Waals surface area (Å²) in [5.74, 6) is -0.131. The number of carbonyl (C=O) groups excluding carboxylic acids is 2. The minimum absolute atomic E-state index is 0.0276. The van der Waals surface area contributed by atoms with Gasteiger partial charge in [-0.25, -0.2) is 8.42 Å². The van der Waals surface area contributed by atoms with Crippen LogP contribution < -0.4 is 15.0 Å². The molecule has 3 unspecified atom stereocenters. The number of benzene rings is 1. The summed E-state index contributed by atoms with van der Waals surface area (Å²) in [5.41, 5.74) is 0.698. The summed E-state index contributed by atoms with van der Waals surface area (Å²) >= 11 is 0. The first-order chi connectivity index (χ1) is 14.4. The fourth-order valence-corrected chi connectivity index (χ4v) is 6.74. The number of anilines is 1. The average molecular weight is 436 g/mol. The first-order valence-electron chi connectivity index (χ1n) is 10.6. The van der Waals surface area contributed by atoms with Crippen LogP contribution in [0.5, 0.6) is 5.75 Å². The van der Waals surface area contributed by atoms with Crippen LogP contribution in [0.4, 0.5) is 5.69 Å². The molecule has 3 heterocycles. The van der Waals surface area contributed by atoms with E-state index in [9.17, 15) is 18.0 Å². The molecule has 3 aliphatic rings. The molecule has 0 bridgehead atoms. The third-order valence-corrected chi connectivity index (χ3v) is 8.09. The molecule has 3 saturated heterocycles. The Morgan fingerprint density at radius 2 is 1.93 bits per heavy atom. The van der Waals surface area contributed by atoms with Crippen molar-refractivity contribution in [3.63, 3.8) is 0 Å². The van der Waals surface area contributed by atoms with E-state index < -0.39 is 21.8 Å². The standard InChI is InChI=1S/C21H29N3O5S/c1-29-17-7-5-6-16(11-17)24-12-15(10-20(24)25)21(26)22-18-13-30(27,28)14-19(18)23-8-3-2-4-9-23/h5-7,11,15,18-19H,2-4,8-10,12-14H2,1H3,(H,22,26). The van der Waals surface area contributed by atoms with Crippen LogP contribution in [-0.2, 0) is 19.4 Å². The van der Waals surface area contributed by atoms with Crippen molar-refractivity contribution in [3.8, 4) is 5.75 Å². The van der Waals surface area contributed by atoms with Crippen molar-refractivity contribution in [2.24, 2.45) is 5.92 Å². The molecule has 30 heavy (non-hydrogen) atoms. The highest BCUT2D eigenvalue weighted by molar-refractivity contribution is 7.91. The third kappa shape index (κ3) is 4.46. The van der Waals surface area contributed by atoms with Gasteiger partial charge in [-0.1, -0.05) is 12.5 Å². The van der Waals surface area contributed by atoms with Crippen molar-refractivity contribution in [1.82, 2.24) is 10.2 Å². The SMILES string of the molecule is COc1cccc(N2CC(C(=O)NC3CS(=O)(=O)CC3N3CCCCC3)CC2=O)c1. The van der Waals surface area contributed by atoms with Gasteiger partial charge in [0, 0.05) is 30.8 Å². The summed E-state index contributed by atoms with van der Waals surface area (Å²) in [6.07, 6.45) is 3.40. The second-order valence-corrected chi connectivity index (χ2v) is 10.6.